The number of nitrogens with zero attached hydrogens (tertiary/aromatic N) is 4. The Morgan fingerprint density at radius 1 is 1.00 bits per heavy atom. The van der Waals surface area contributed by atoms with Crippen molar-refractivity contribution in [1.29, 1.82) is 0 Å². The number of pyridine rings is 2. The lowest BCUT2D eigenvalue weighted by molar-refractivity contribution is -0.132. The number of benzene rings is 1. The first kappa shape index (κ1) is 19.9. The zero-order chi connectivity index (χ0) is 21.2. The summed E-state index contributed by atoms with van der Waals surface area (Å²) in [6.45, 7) is 5.37. The number of carbonyl (C=O) groups excluding carboxylic acids is 1. The number of carbonyl (C=O) groups is 1. The van der Waals surface area contributed by atoms with E-state index in [2.05, 4.69) is 41.1 Å². The molecule has 0 N–H and O–H groups in total. The number of aryl methyl sites for hydroxylation is 3. The maximum absolute atomic E-state index is 12.8. The van der Waals surface area contributed by atoms with E-state index in [0.29, 0.717) is 6.42 Å². The zero-order valence-corrected chi connectivity index (χ0v) is 18.0. The van der Waals surface area contributed by atoms with Gasteiger partial charge in [0.2, 0.25) is 5.91 Å². The predicted octanol–water partition coefficient (Wildman–Crippen LogP) is 3.36. The van der Waals surface area contributed by atoms with Crippen LogP contribution in [0.4, 0.5) is 0 Å². The third kappa shape index (κ3) is 4.10. The monoisotopic (exact) mass is 412 g/mol. The highest BCUT2D eigenvalue weighted by atomic mass is 16.2. The highest BCUT2D eigenvalue weighted by Gasteiger charge is 2.32. The van der Waals surface area contributed by atoms with Crippen molar-refractivity contribution in [2.45, 2.75) is 32.2 Å². The van der Waals surface area contributed by atoms with Gasteiger partial charge in [-0.05, 0) is 54.2 Å². The first-order chi connectivity index (χ1) is 15.2. The van der Waals surface area contributed by atoms with Crippen LogP contribution in [0.1, 0.15) is 39.6 Å². The van der Waals surface area contributed by atoms with E-state index in [1.165, 1.54) is 27.9 Å². The number of rotatable bonds is 3. The average molecular weight is 413 g/mol. The molecular formula is C26H28N4O. The fourth-order valence-corrected chi connectivity index (χ4v) is 4.93. The van der Waals surface area contributed by atoms with Gasteiger partial charge in [0.1, 0.15) is 0 Å². The molecular weight excluding hydrogens is 384 g/mol. The van der Waals surface area contributed by atoms with Crippen LogP contribution in [0.5, 0.6) is 0 Å². The van der Waals surface area contributed by atoms with Gasteiger partial charge in [0.25, 0.3) is 0 Å². The van der Waals surface area contributed by atoms with Crippen molar-refractivity contribution >= 4 is 5.91 Å². The summed E-state index contributed by atoms with van der Waals surface area (Å²) in [4.78, 5) is 26.3. The van der Waals surface area contributed by atoms with Gasteiger partial charge < -0.3 is 4.90 Å². The Morgan fingerprint density at radius 2 is 1.81 bits per heavy atom. The molecule has 158 valence electrons. The van der Waals surface area contributed by atoms with Gasteiger partial charge in [-0.25, -0.2) is 0 Å². The molecule has 1 fully saturated rings. The molecule has 0 spiro atoms. The number of hydrogen-bond acceptors (Lipinski definition) is 4. The van der Waals surface area contributed by atoms with Gasteiger partial charge in [-0.3, -0.25) is 19.7 Å². The van der Waals surface area contributed by atoms with Crippen molar-refractivity contribution in [2.24, 2.45) is 0 Å². The highest BCUT2D eigenvalue weighted by Crippen LogP contribution is 2.36. The summed E-state index contributed by atoms with van der Waals surface area (Å²) in [6.07, 6.45) is 7.93. The Hall–Kier alpha value is -3.05. The lowest BCUT2D eigenvalue weighted by Crippen LogP contribution is -2.50. The second-order valence-electron chi connectivity index (χ2n) is 8.61. The Bertz CT molecular complexity index is 1070. The van der Waals surface area contributed by atoms with Crippen molar-refractivity contribution in [3.05, 3.63) is 94.6 Å². The summed E-state index contributed by atoms with van der Waals surface area (Å²) < 4.78 is 0. The molecule has 5 nitrogen and oxygen atoms in total. The predicted molar refractivity (Wildman–Crippen MR) is 121 cm³/mol. The van der Waals surface area contributed by atoms with E-state index in [4.69, 9.17) is 4.98 Å². The second kappa shape index (κ2) is 8.60. The van der Waals surface area contributed by atoms with Gasteiger partial charge in [0.15, 0.2) is 0 Å². The van der Waals surface area contributed by atoms with E-state index in [9.17, 15) is 4.79 Å². The van der Waals surface area contributed by atoms with Gasteiger partial charge in [-0.2, -0.15) is 0 Å². The summed E-state index contributed by atoms with van der Waals surface area (Å²) in [5, 5.41) is 0. The summed E-state index contributed by atoms with van der Waals surface area (Å²) in [5.41, 5.74) is 7.61. The van der Waals surface area contributed by atoms with Gasteiger partial charge in [0.05, 0.1) is 18.2 Å². The number of amides is 1. The molecule has 31 heavy (non-hydrogen) atoms. The number of aromatic nitrogens is 2. The summed E-state index contributed by atoms with van der Waals surface area (Å²) in [5.74, 6) is 0.183. The van der Waals surface area contributed by atoms with Crippen LogP contribution in [0.15, 0.2) is 61.1 Å². The van der Waals surface area contributed by atoms with Crippen LogP contribution >= 0.6 is 0 Å². The van der Waals surface area contributed by atoms with E-state index in [-0.39, 0.29) is 11.9 Å². The topological polar surface area (TPSA) is 49.3 Å². The van der Waals surface area contributed by atoms with Crippen molar-refractivity contribution in [3.8, 4) is 0 Å². The molecule has 2 aliphatic rings. The third-order valence-electron chi connectivity index (χ3n) is 6.55. The normalized spacial score (nSPS) is 18.7. The molecule has 0 bridgehead atoms. The molecule has 1 saturated heterocycles. The Kier molecular flexibility index (Phi) is 5.51. The molecule has 1 aliphatic heterocycles. The van der Waals surface area contributed by atoms with Gasteiger partial charge >= 0.3 is 0 Å². The van der Waals surface area contributed by atoms with Crippen molar-refractivity contribution in [2.75, 3.05) is 26.2 Å². The van der Waals surface area contributed by atoms with E-state index in [1.807, 2.05) is 29.3 Å². The van der Waals surface area contributed by atoms with Crippen LogP contribution in [0, 0.1) is 6.92 Å². The Morgan fingerprint density at radius 3 is 2.61 bits per heavy atom. The molecule has 0 radical (unpaired) electrons. The molecule has 0 saturated carbocycles. The minimum atomic E-state index is 0.157. The average Bonchev–Trinajstić information content (AvgIpc) is 2.96. The summed E-state index contributed by atoms with van der Waals surface area (Å²) >= 11 is 0. The molecule has 1 aliphatic carbocycles. The summed E-state index contributed by atoms with van der Waals surface area (Å²) in [7, 11) is 0. The number of fused-ring (bicyclic) bond motifs is 2. The Labute approximate surface area is 183 Å². The maximum atomic E-state index is 12.8. The third-order valence-corrected chi connectivity index (χ3v) is 6.55. The Balaban J connectivity index is 1.37. The van der Waals surface area contributed by atoms with Crippen molar-refractivity contribution < 1.29 is 4.79 Å². The van der Waals surface area contributed by atoms with Crippen LogP contribution in [0.25, 0.3) is 0 Å². The molecule has 5 heteroatoms. The second-order valence-corrected chi connectivity index (χ2v) is 8.61. The molecule has 3 aromatic rings. The van der Waals surface area contributed by atoms with E-state index in [1.54, 1.807) is 12.4 Å². The first-order valence-electron chi connectivity index (χ1n) is 11.1. The number of hydrogen-bond donors (Lipinski definition) is 0. The lowest BCUT2D eigenvalue weighted by atomic mass is 9.94. The van der Waals surface area contributed by atoms with Crippen LogP contribution < -0.4 is 0 Å². The van der Waals surface area contributed by atoms with E-state index in [0.717, 1.165) is 44.6 Å². The molecule has 5 rings (SSSR count). The van der Waals surface area contributed by atoms with Crippen molar-refractivity contribution in [3.63, 3.8) is 0 Å². The maximum Gasteiger partial charge on any atom is 0.227 e. The molecule has 1 atom stereocenters. The minimum Gasteiger partial charge on any atom is -0.340 e. The van der Waals surface area contributed by atoms with Crippen molar-refractivity contribution in [1.82, 2.24) is 19.8 Å². The van der Waals surface area contributed by atoms with E-state index >= 15 is 0 Å². The fourth-order valence-electron chi connectivity index (χ4n) is 4.93. The molecule has 2 aromatic heterocycles. The molecule has 1 amide bonds. The van der Waals surface area contributed by atoms with Gasteiger partial charge in [0, 0.05) is 44.8 Å². The molecule has 3 heterocycles. The molecule has 1 aromatic carbocycles. The first-order valence-corrected chi connectivity index (χ1v) is 11.1. The van der Waals surface area contributed by atoms with Crippen LogP contribution in [-0.2, 0) is 24.1 Å². The summed E-state index contributed by atoms with van der Waals surface area (Å²) in [6, 6.07) is 15.1. The van der Waals surface area contributed by atoms with Gasteiger partial charge in [-0.1, -0.05) is 35.9 Å². The smallest absolute Gasteiger partial charge is 0.227 e. The number of piperazine rings is 1. The zero-order valence-electron chi connectivity index (χ0n) is 18.0. The van der Waals surface area contributed by atoms with E-state index < -0.39 is 0 Å². The molecule has 0 unspecified atom stereocenters. The van der Waals surface area contributed by atoms with Crippen LogP contribution in [-0.4, -0.2) is 51.9 Å². The van der Waals surface area contributed by atoms with Crippen LogP contribution in [0.2, 0.25) is 0 Å². The SMILES string of the molecule is Cc1ccc2c(c1)CCc1cccnc1[C@H]2N1CCN(C(=O)Cc2cccnc2)CC1. The minimum absolute atomic E-state index is 0.157. The standard InChI is InChI=1S/C26H28N4O/c1-19-6-9-23-22(16-19)8-7-21-5-3-11-28-25(21)26(23)30-14-12-29(13-15-30)24(31)17-20-4-2-10-27-18-20/h2-6,9-11,16,18,26H,7-8,12-15,17H2,1H3/t26-/m0/s1. The van der Waals surface area contributed by atoms with Crippen LogP contribution in [0.3, 0.4) is 0 Å². The largest absolute Gasteiger partial charge is 0.340 e. The fraction of sp³-hybridized carbons (Fsp3) is 0.346. The highest BCUT2D eigenvalue weighted by molar-refractivity contribution is 5.78. The van der Waals surface area contributed by atoms with Gasteiger partial charge in [-0.15, -0.1) is 0 Å². The quantitative estimate of drug-likeness (QED) is 0.662. The lowest BCUT2D eigenvalue weighted by Gasteiger charge is -2.40.